The van der Waals surface area contributed by atoms with Gasteiger partial charge in [-0.2, -0.15) is 0 Å². The van der Waals surface area contributed by atoms with Gasteiger partial charge in [-0.3, -0.25) is 0 Å². The lowest BCUT2D eigenvalue weighted by molar-refractivity contribution is -0.145. The van der Waals surface area contributed by atoms with E-state index in [-0.39, 0.29) is 0 Å². The highest BCUT2D eigenvalue weighted by Gasteiger charge is 2.31. The summed E-state index contributed by atoms with van der Waals surface area (Å²) in [6, 6.07) is 7.81. The lowest BCUT2D eigenvalue weighted by Gasteiger charge is -2.07. The van der Waals surface area contributed by atoms with Crippen LogP contribution in [0.2, 0.25) is 0 Å². The Hall–Kier alpha value is -1.88. The van der Waals surface area contributed by atoms with Gasteiger partial charge < -0.3 is 9.47 Å². The highest BCUT2D eigenvalue weighted by Crippen LogP contribution is 2.31. The van der Waals surface area contributed by atoms with Gasteiger partial charge in [0.05, 0.1) is 6.61 Å². The molecule has 0 saturated carbocycles. The van der Waals surface area contributed by atoms with Crippen LogP contribution in [0.3, 0.4) is 0 Å². The van der Waals surface area contributed by atoms with E-state index >= 15 is 0 Å². The molecule has 2 aromatic rings. The number of carbonyl (C=O) groups excluding carboxylic acids is 2. The van der Waals surface area contributed by atoms with E-state index in [0.717, 1.165) is 15.6 Å². The molecule has 0 unspecified atom stereocenters. The molecule has 1 aromatic carbocycles. The maximum Gasteiger partial charge on any atom is 0.349 e. The second-order valence-corrected chi connectivity index (χ2v) is 5.45. The summed E-state index contributed by atoms with van der Waals surface area (Å²) < 4.78 is 11.0. The van der Waals surface area contributed by atoms with Gasteiger partial charge in [0.25, 0.3) is 0 Å². The largest absolute Gasteiger partial charge is 0.463 e. The molecule has 0 amide bonds. The Labute approximate surface area is 113 Å². The lowest BCUT2D eigenvalue weighted by Crippen LogP contribution is -2.22. The Morgan fingerprint density at radius 1 is 1.42 bits per heavy atom. The molecule has 2 heterocycles. The number of fused-ring (bicyclic) bond motifs is 1. The van der Waals surface area contributed by atoms with Crippen LogP contribution in [0, 0.1) is 6.92 Å². The van der Waals surface area contributed by atoms with Crippen molar-refractivity contribution in [3.05, 3.63) is 34.7 Å². The molecule has 1 aromatic heterocycles. The molecule has 1 atom stereocenters. The summed E-state index contributed by atoms with van der Waals surface area (Å²) in [5.41, 5.74) is 0.900. The van der Waals surface area contributed by atoms with E-state index in [2.05, 4.69) is 0 Å². The maximum absolute atomic E-state index is 12.1. The summed E-state index contributed by atoms with van der Waals surface area (Å²) in [6.07, 6.45) is -0.314. The van der Waals surface area contributed by atoms with Gasteiger partial charge >= 0.3 is 11.9 Å². The molecule has 0 spiro atoms. The molecule has 19 heavy (non-hydrogen) atoms. The van der Waals surface area contributed by atoms with Crippen LogP contribution in [0.4, 0.5) is 0 Å². The fourth-order valence-corrected chi connectivity index (χ4v) is 3.23. The second-order valence-electron chi connectivity index (χ2n) is 4.40. The van der Waals surface area contributed by atoms with E-state index in [1.165, 1.54) is 11.3 Å². The average molecular weight is 276 g/mol. The fourth-order valence-electron chi connectivity index (χ4n) is 2.14. The van der Waals surface area contributed by atoms with Crippen LogP contribution in [0.1, 0.15) is 21.7 Å². The summed E-state index contributed by atoms with van der Waals surface area (Å²) in [5.74, 6) is -0.894. The molecule has 0 aliphatic carbocycles. The number of carbonyl (C=O) groups is 2. The zero-order chi connectivity index (χ0) is 13.4. The highest BCUT2D eigenvalue weighted by molar-refractivity contribution is 7.21. The molecule has 5 heteroatoms. The SMILES string of the molecule is Cc1c(C(=O)O[C@H]2CCOC2=O)sc2ccccc12. The topological polar surface area (TPSA) is 52.6 Å². The Bertz CT molecular complexity index is 659. The molecular formula is C14H12O4S. The van der Waals surface area contributed by atoms with E-state index in [9.17, 15) is 9.59 Å². The molecule has 3 rings (SSSR count). The quantitative estimate of drug-likeness (QED) is 0.791. The number of hydrogen-bond acceptors (Lipinski definition) is 5. The smallest absolute Gasteiger partial charge is 0.349 e. The zero-order valence-electron chi connectivity index (χ0n) is 10.3. The molecule has 1 fully saturated rings. The van der Waals surface area contributed by atoms with E-state index < -0.39 is 18.0 Å². The number of rotatable bonds is 2. The number of benzene rings is 1. The molecule has 0 N–H and O–H groups in total. The standard InChI is InChI=1S/C14H12O4S/c1-8-9-4-2-3-5-11(9)19-12(8)14(16)18-10-6-7-17-13(10)15/h2-5,10H,6-7H2,1H3/t10-/m0/s1. The van der Waals surface area contributed by atoms with Crippen molar-refractivity contribution >= 4 is 33.4 Å². The summed E-state index contributed by atoms with van der Waals surface area (Å²) in [7, 11) is 0. The first-order valence-corrected chi connectivity index (χ1v) is 6.84. The summed E-state index contributed by atoms with van der Waals surface area (Å²) in [5, 5.41) is 1.05. The number of esters is 2. The number of aryl methyl sites for hydroxylation is 1. The van der Waals surface area contributed by atoms with Gasteiger partial charge in [-0.25, -0.2) is 9.59 Å². The summed E-state index contributed by atoms with van der Waals surface area (Å²) >= 11 is 1.39. The van der Waals surface area contributed by atoms with E-state index in [1.807, 2.05) is 31.2 Å². The van der Waals surface area contributed by atoms with E-state index in [0.29, 0.717) is 17.9 Å². The van der Waals surface area contributed by atoms with Crippen molar-refractivity contribution in [2.75, 3.05) is 6.61 Å². The first-order chi connectivity index (χ1) is 9.16. The van der Waals surface area contributed by atoms with Crippen molar-refractivity contribution < 1.29 is 19.1 Å². The predicted octanol–water partition coefficient (Wildman–Crippen LogP) is 2.68. The normalized spacial score (nSPS) is 18.6. The third-order valence-electron chi connectivity index (χ3n) is 3.17. The molecule has 1 saturated heterocycles. The van der Waals surface area contributed by atoms with Crippen LogP contribution in [-0.2, 0) is 14.3 Å². The van der Waals surface area contributed by atoms with Crippen LogP contribution in [-0.4, -0.2) is 24.6 Å². The first kappa shape index (κ1) is 12.2. The third kappa shape index (κ3) is 2.10. The minimum atomic E-state index is -0.753. The van der Waals surface area contributed by atoms with E-state index in [1.54, 1.807) is 0 Å². The number of cyclic esters (lactones) is 1. The monoisotopic (exact) mass is 276 g/mol. The van der Waals surface area contributed by atoms with Gasteiger partial charge in [-0.05, 0) is 23.9 Å². The second kappa shape index (κ2) is 4.66. The predicted molar refractivity (Wildman–Crippen MR) is 71.3 cm³/mol. The first-order valence-electron chi connectivity index (χ1n) is 6.02. The summed E-state index contributed by atoms with van der Waals surface area (Å²) in [4.78, 5) is 24.0. The van der Waals surface area contributed by atoms with Crippen molar-refractivity contribution in [2.24, 2.45) is 0 Å². The Morgan fingerprint density at radius 3 is 2.89 bits per heavy atom. The molecular weight excluding hydrogens is 264 g/mol. The fraction of sp³-hybridized carbons (Fsp3) is 0.286. The third-order valence-corrected chi connectivity index (χ3v) is 4.42. The van der Waals surface area contributed by atoms with Crippen LogP contribution in [0.25, 0.3) is 10.1 Å². The van der Waals surface area contributed by atoms with Gasteiger partial charge in [0.15, 0.2) is 0 Å². The Balaban J connectivity index is 1.89. The van der Waals surface area contributed by atoms with Gasteiger partial charge in [-0.1, -0.05) is 18.2 Å². The van der Waals surface area contributed by atoms with Crippen molar-refractivity contribution in [3.63, 3.8) is 0 Å². The maximum atomic E-state index is 12.1. The van der Waals surface area contributed by atoms with Crippen LogP contribution < -0.4 is 0 Å². The van der Waals surface area contributed by atoms with E-state index in [4.69, 9.17) is 9.47 Å². The molecule has 0 radical (unpaired) electrons. The molecule has 0 bridgehead atoms. The van der Waals surface area contributed by atoms with Crippen LogP contribution >= 0.6 is 11.3 Å². The van der Waals surface area contributed by atoms with Gasteiger partial charge in [-0.15, -0.1) is 11.3 Å². The summed E-state index contributed by atoms with van der Waals surface area (Å²) in [6.45, 7) is 2.21. The molecule has 1 aliphatic rings. The molecule has 4 nitrogen and oxygen atoms in total. The molecule has 98 valence electrons. The van der Waals surface area contributed by atoms with Crippen LogP contribution in [0.5, 0.6) is 0 Å². The lowest BCUT2D eigenvalue weighted by atomic mass is 10.1. The average Bonchev–Trinajstić information content (AvgIpc) is 2.95. The Kier molecular flexibility index (Phi) is 2.98. The molecule has 1 aliphatic heterocycles. The van der Waals surface area contributed by atoms with Crippen molar-refractivity contribution in [2.45, 2.75) is 19.4 Å². The van der Waals surface area contributed by atoms with Crippen molar-refractivity contribution in [1.29, 1.82) is 0 Å². The van der Waals surface area contributed by atoms with Crippen LogP contribution in [0.15, 0.2) is 24.3 Å². The minimum Gasteiger partial charge on any atom is -0.463 e. The Morgan fingerprint density at radius 2 is 2.21 bits per heavy atom. The van der Waals surface area contributed by atoms with Gasteiger partial charge in [0.2, 0.25) is 6.10 Å². The zero-order valence-corrected chi connectivity index (χ0v) is 11.2. The van der Waals surface area contributed by atoms with Crippen molar-refractivity contribution in [3.8, 4) is 0 Å². The van der Waals surface area contributed by atoms with Crippen molar-refractivity contribution in [1.82, 2.24) is 0 Å². The highest BCUT2D eigenvalue weighted by atomic mass is 32.1. The number of thiophene rings is 1. The van der Waals surface area contributed by atoms with Gasteiger partial charge in [0.1, 0.15) is 4.88 Å². The number of hydrogen-bond donors (Lipinski definition) is 0. The van der Waals surface area contributed by atoms with Gasteiger partial charge in [0, 0.05) is 11.1 Å². The number of ether oxygens (including phenoxy) is 2. The minimum absolute atomic E-state index is 0.322.